The van der Waals surface area contributed by atoms with E-state index in [2.05, 4.69) is 67.6 Å². The van der Waals surface area contributed by atoms with Gasteiger partial charge in [0.05, 0.1) is 5.52 Å². The van der Waals surface area contributed by atoms with Crippen LogP contribution < -0.4 is 10.2 Å². The van der Waals surface area contributed by atoms with E-state index >= 15 is 0 Å². The first-order valence-electron chi connectivity index (χ1n) is 8.71. The number of anilines is 3. The van der Waals surface area contributed by atoms with Crippen LogP contribution in [0.3, 0.4) is 0 Å². The minimum atomic E-state index is 0.848. The SMILES string of the molecule is c1nc(Nc2ccc3[nH]ccc3c2)c2cc(N3CCCC3)ccc2n1. The Kier molecular flexibility index (Phi) is 3.30. The van der Waals surface area contributed by atoms with Gasteiger partial charge >= 0.3 is 0 Å². The summed E-state index contributed by atoms with van der Waals surface area (Å²) in [5.74, 6) is 0.848. The number of nitrogens with one attached hydrogen (secondary N) is 2. The van der Waals surface area contributed by atoms with E-state index in [1.54, 1.807) is 6.33 Å². The van der Waals surface area contributed by atoms with Crippen LogP contribution in [0.4, 0.5) is 17.2 Å². The summed E-state index contributed by atoms with van der Waals surface area (Å²) >= 11 is 0. The fourth-order valence-electron chi connectivity index (χ4n) is 3.58. The number of H-pyrrole nitrogens is 1. The lowest BCUT2D eigenvalue weighted by molar-refractivity contribution is 0.949. The maximum atomic E-state index is 4.49. The molecule has 2 aromatic carbocycles. The van der Waals surface area contributed by atoms with Gasteiger partial charge in [-0.25, -0.2) is 9.97 Å². The van der Waals surface area contributed by atoms with Crippen LogP contribution in [0.25, 0.3) is 21.8 Å². The molecule has 2 aromatic heterocycles. The largest absolute Gasteiger partial charge is 0.372 e. The average molecular weight is 329 g/mol. The first-order chi connectivity index (χ1) is 12.4. The average Bonchev–Trinajstić information content (AvgIpc) is 3.33. The summed E-state index contributed by atoms with van der Waals surface area (Å²) in [4.78, 5) is 14.6. The molecule has 0 amide bonds. The third kappa shape index (κ3) is 2.58. The molecule has 5 heteroatoms. The van der Waals surface area contributed by atoms with Gasteiger partial charge in [0, 0.05) is 47.0 Å². The van der Waals surface area contributed by atoms with Gasteiger partial charge in [0.1, 0.15) is 12.1 Å². The van der Waals surface area contributed by atoms with Crippen molar-refractivity contribution in [2.75, 3.05) is 23.3 Å². The Morgan fingerprint density at radius 2 is 1.88 bits per heavy atom. The lowest BCUT2D eigenvalue weighted by Crippen LogP contribution is -2.17. The molecule has 0 spiro atoms. The number of aromatic nitrogens is 3. The Balaban J connectivity index is 1.55. The molecular weight excluding hydrogens is 310 g/mol. The van der Waals surface area contributed by atoms with Gasteiger partial charge in [-0.05, 0) is 55.3 Å². The summed E-state index contributed by atoms with van der Waals surface area (Å²) in [6, 6.07) is 14.8. The predicted octanol–water partition coefficient (Wildman–Crippen LogP) is 4.45. The van der Waals surface area contributed by atoms with Crippen molar-refractivity contribution >= 4 is 39.0 Å². The van der Waals surface area contributed by atoms with E-state index in [1.807, 2.05) is 6.20 Å². The molecule has 0 saturated carbocycles. The summed E-state index contributed by atoms with van der Waals surface area (Å²) in [6.07, 6.45) is 6.11. The smallest absolute Gasteiger partial charge is 0.141 e. The van der Waals surface area contributed by atoms with Crippen LogP contribution in [-0.2, 0) is 0 Å². The topological polar surface area (TPSA) is 56.8 Å². The molecule has 1 aliphatic heterocycles. The van der Waals surface area contributed by atoms with Crippen LogP contribution in [0.1, 0.15) is 12.8 Å². The van der Waals surface area contributed by atoms with Crippen LogP contribution in [0.2, 0.25) is 0 Å². The number of rotatable bonds is 3. The number of aromatic amines is 1. The highest BCUT2D eigenvalue weighted by Crippen LogP contribution is 2.29. The van der Waals surface area contributed by atoms with Crippen molar-refractivity contribution in [3.05, 3.63) is 55.0 Å². The van der Waals surface area contributed by atoms with Gasteiger partial charge in [-0.1, -0.05) is 0 Å². The highest BCUT2D eigenvalue weighted by atomic mass is 15.1. The molecule has 5 nitrogen and oxygen atoms in total. The fourth-order valence-corrected chi connectivity index (χ4v) is 3.58. The normalized spacial score (nSPS) is 14.5. The summed E-state index contributed by atoms with van der Waals surface area (Å²) in [7, 11) is 0. The molecular formula is C20H19N5. The molecule has 0 radical (unpaired) electrons. The standard InChI is InChI=1S/C20H19N5/c1-2-10-25(9-1)16-4-6-19-17(12-16)20(23-13-22-19)24-15-3-5-18-14(11-15)7-8-21-18/h3-8,11-13,21H,1-2,9-10H2,(H,22,23,24). The van der Waals surface area contributed by atoms with Crippen LogP contribution >= 0.6 is 0 Å². The summed E-state index contributed by atoms with van der Waals surface area (Å²) in [5, 5.41) is 5.70. The van der Waals surface area contributed by atoms with Crippen LogP contribution in [0.5, 0.6) is 0 Å². The van der Waals surface area contributed by atoms with E-state index in [9.17, 15) is 0 Å². The van der Waals surface area contributed by atoms with E-state index in [0.29, 0.717) is 0 Å². The van der Waals surface area contributed by atoms with Crippen molar-refractivity contribution in [3.63, 3.8) is 0 Å². The van der Waals surface area contributed by atoms with Gasteiger partial charge in [-0.15, -0.1) is 0 Å². The molecule has 25 heavy (non-hydrogen) atoms. The van der Waals surface area contributed by atoms with Crippen molar-refractivity contribution in [2.24, 2.45) is 0 Å². The molecule has 0 unspecified atom stereocenters. The lowest BCUT2D eigenvalue weighted by atomic mass is 10.2. The van der Waals surface area contributed by atoms with Crippen LogP contribution in [0, 0.1) is 0 Å². The first kappa shape index (κ1) is 14.3. The molecule has 1 aliphatic rings. The Morgan fingerprint density at radius 3 is 2.80 bits per heavy atom. The Morgan fingerprint density at radius 1 is 0.960 bits per heavy atom. The number of hydrogen-bond donors (Lipinski definition) is 2. The zero-order chi connectivity index (χ0) is 16.6. The molecule has 1 saturated heterocycles. The van der Waals surface area contributed by atoms with Crippen molar-refractivity contribution in [3.8, 4) is 0 Å². The van der Waals surface area contributed by atoms with Crippen molar-refractivity contribution in [1.82, 2.24) is 15.0 Å². The molecule has 0 bridgehead atoms. The van der Waals surface area contributed by atoms with Gasteiger partial charge in [0.2, 0.25) is 0 Å². The highest BCUT2D eigenvalue weighted by Gasteiger charge is 2.14. The van der Waals surface area contributed by atoms with Crippen molar-refractivity contribution in [1.29, 1.82) is 0 Å². The molecule has 3 heterocycles. The number of benzene rings is 2. The van der Waals surface area contributed by atoms with E-state index in [-0.39, 0.29) is 0 Å². The lowest BCUT2D eigenvalue weighted by Gasteiger charge is -2.18. The summed E-state index contributed by atoms with van der Waals surface area (Å²) in [6.45, 7) is 2.26. The van der Waals surface area contributed by atoms with Gasteiger partial charge in [0.15, 0.2) is 0 Å². The molecule has 2 N–H and O–H groups in total. The second-order valence-corrected chi connectivity index (χ2v) is 6.52. The van der Waals surface area contributed by atoms with Gasteiger partial charge in [-0.3, -0.25) is 0 Å². The third-order valence-electron chi connectivity index (χ3n) is 4.91. The Bertz CT molecular complexity index is 1050. The zero-order valence-corrected chi connectivity index (χ0v) is 13.9. The molecule has 0 atom stereocenters. The second-order valence-electron chi connectivity index (χ2n) is 6.52. The highest BCUT2D eigenvalue weighted by molar-refractivity contribution is 5.94. The fraction of sp³-hybridized carbons (Fsp3) is 0.200. The second kappa shape index (κ2) is 5.77. The van der Waals surface area contributed by atoms with Crippen molar-refractivity contribution < 1.29 is 0 Å². The van der Waals surface area contributed by atoms with Gasteiger partial charge in [0.25, 0.3) is 0 Å². The summed E-state index contributed by atoms with van der Waals surface area (Å²) in [5.41, 5.74) is 4.38. The maximum absolute atomic E-state index is 4.49. The Labute approximate surface area is 145 Å². The minimum Gasteiger partial charge on any atom is -0.372 e. The number of nitrogens with zero attached hydrogens (tertiary/aromatic N) is 3. The van der Waals surface area contributed by atoms with E-state index in [4.69, 9.17) is 0 Å². The van der Waals surface area contributed by atoms with Crippen LogP contribution in [0.15, 0.2) is 55.0 Å². The maximum Gasteiger partial charge on any atom is 0.141 e. The quantitative estimate of drug-likeness (QED) is 0.583. The molecule has 1 fully saturated rings. The van der Waals surface area contributed by atoms with E-state index in [1.165, 1.54) is 23.9 Å². The third-order valence-corrected chi connectivity index (χ3v) is 4.91. The predicted molar refractivity (Wildman–Crippen MR) is 103 cm³/mol. The number of hydrogen-bond acceptors (Lipinski definition) is 4. The monoisotopic (exact) mass is 329 g/mol. The minimum absolute atomic E-state index is 0.848. The Hall–Kier alpha value is -3.08. The summed E-state index contributed by atoms with van der Waals surface area (Å²) < 4.78 is 0. The van der Waals surface area contributed by atoms with Gasteiger partial charge < -0.3 is 15.2 Å². The first-order valence-corrected chi connectivity index (χ1v) is 8.71. The zero-order valence-electron chi connectivity index (χ0n) is 13.9. The van der Waals surface area contributed by atoms with E-state index < -0.39 is 0 Å². The molecule has 5 rings (SSSR count). The number of fused-ring (bicyclic) bond motifs is 2. The van der Waals surface area contributed by atoms with E-state index in [0.717, 1.165) is 41.0 Å². The molecule has 4 aromatic rings. The molecule has 124 valence electrons. The van der Waals surface area contributed by atoms with Crippen molar-refractivity contribution in [2.45, 2.75) is 12.8 Å². The van der Waals surface area contributed by atoms with Gasteiger partial charge in [-0.2, -0.15) is 0 Å². The van der Waals surface area contributed by atoms with Crippen LogP contribution in [-0.4, -0.2) is 28.0 Å². The molecule has 0 aliphatic carbocycles.